The van der Waals surface area contributed by atoms with Gasteiger partial charge < -0.3 is 14.5 Å². The first kappa shape index (κ1) is 32.5. The predicted octanol–water partition coefficient (Wildman–Crippen LogP) is 5.72. The number of alkyl halides is 3. The van der Waals surface area contributed by atoms with Crippen LogP contribution < -0.4 is 15.3 Å². The molecule has 1 amide bonds. The second-order valence-electron chi connectivity index (χ2n) is 11.3. The Balaban J connectivity index is 1.81. The summed E-state index contributed by atoms with van der Waals surface area (Å²) < 4.78 is 76.6. The highest BCUT2D eigenvalue weighted by Gasteiger charge is 2.32. The van der Waals surface area contributed by atoms with E-state index in [2.05, 4.69) is 21.5 Å². The average Bonchev–Trinajstić information content (AvgIpc) is 2.99. The molecule has 242 valence electrons. The van der Waals surface area contributed by atoms with Crippen LogP contribution in [0.3, 0.4) is 0 Å². The van der Waals surface area contributed by atoms with Gasteiger partial charge in [-0.05, 0) is 55.7 Å². The Morgan fingerprint density at radius 3 is 2.54 bits per heavy atom. The van der Waals surface area contributed by atoms with Crippen LogP contribution in [0.1, 0.15) is 37.9 Å². The highest BCUT2D eigenvalue weighted by atomic mass is 19.4. The fraction of sp³-hybridized carbons (Fsp3) is 0.344. The number of halogens is 5. The third-order valence-electron chi connectivity index (χ3n) is 7.72. The van der Waals surface area contributed by atoms with Crippen molar-refractivity contribution in [3.63, 3.8) is 0 Å². The number of aryl methyl sites for hydroxylation is 1. The van der Waals surface area contributed by atoms with Crippen LogP contribution in [-0.2, 0) is 4.79 Å². The Bertz CT molecular complexity index is 1890. The number of ether oxygens (including phenoxy) is 1. The lowest BCUT2D eigenvalue weighted by atomic mass is 10.0. The highest BCUT2D eigenvalue weighted by Crippen LogP contribution is 2.38. The molecule has 3 aromatic heterocycles. The summed E-state index contributed by atoms with van der Waals surface area (Å²) in [5, 5.41) is 0.0863. The normalized spacial score (nSPS) is 15.5. The van der Waals surface area contributed by atoms with Gasteiger partial charge >= 0.3 is 11.9 Å². The van der Waals surface area contributed by atoms with Crippen LogP contribution in [0.25, 0.3) is 28.0 Å². The summed E-state index contributed by atoms with van der Waals surface area (Å²) in [6.45, 7) is 9.84. The van der Waals surface area contributed by atoms with Crippen LogP contribution in [0.15, 0.2) is 54.0 Å². The molecule has 0 bridgehead atoms. The number of benzene rings is 1. The number of carbonyl (C=O) groups excluding carboxylic acids is 1. The molecule has 0 spiro atoms. The number of rotatable bonds is 7. The predicted molar refractivity (Wildman–Crippen MR) is 162 cm³/mol. The van der Waals surface area contributed by atoms with E-state index in [1.165, 1.54) is 10.6 Å². The Labute approximate surface area is 261 Å². The van der Waals surface area contributed by atoms with E-state index in [1.807, 2.05) is 20.8 Å². The Morgan fingerprint density at radius 2 is 1.89 bits per heavy atom. The molecular weight excluding hydrogens is 611 g/mol. The van der Waals surface area contributed by atoms with Crippen molar-refractivity contribution in [2.75, 3.05) is 31.1 Å². The Kier molecular flexibility index (Phi) is 8.83. The van der Waals surface area contributed by atoms with Gasteiger partial charge in [0, 0.05) is 31.9 Å². The molecule has 0 N–H and O–H groups in total. The van der Waals surface area contributed by atoms with E-state index in [-0.39, 0.29) is 54.4 Å². The standard InChI is InChI=1S/C32H31F5N6O3/c1-6-24(44)41-12-13-42(19(5)15-41)29-20-14-22(34)27(25-21(33)8-7-9-23(25)46-16-32(35,36)37)39-30(20)43(31(45)40-29)28-18(4)10-11-38-26(28)17(2)3/h6-11,14,17,19H,1,12-13,15-16H2,2-5H3/t19-/m0/s1. The van der Waals surface area contributed by atoms with Crippen molar-refractivity contribution < 1.29 is 31.5 Å². The minimum Gasteiger partial charge on any atom is -0.483 e. The Morgan fingerprint density at radius 1 is 1.15 bits per heavy atom. The molecule has 1 aromatic carbocycles. The van der Waals surface area contributed by atoms with Crippen molar-refractivity contribution in [1.82, 2.24) is 24.4 Å². The lowest BCUT2D eigenvalue weighted by Crippen LogP contribution is -2.54. The van der Waals surface area contributed by atoms with Crippen LogP contribution in [0.5, 0.6) is 5.75 Å². The summed E-state index contributed by atoms with van der Waals surface area (Å²) in [5.41, 5.74) is -0.732. The number of piperazine rings is 1. The second kappa shape index (κ2) is 12.5. The zero-order chi connectivity index (χ0) is 33.5. The molecule has 1 aliphatic rings. The summed E-state index contributed by atoms with van der Waals surface area (Å²) in [5.74, 6) is -3.10. The summed E-state index contributed by atoms with van der Waals surface area (Å²) in [6.07, 6.45) is -1.96. The fourth-order valence-corrected chi connectivity index (χ4v) is 5.60. The van der Waals surface area contributed by atoms with Gasteiger partial charge in [0.15, 0.2) is 18.1 Å². The minimum absolute atomic E-state index is 0.0853. The number of nitrogens with zero attached hydrogens (tertiary/aromatic N) is 6. The van der Waals surface area contributed by atoms with E-state index in [9.17, 15) is 22.8 Å². The maximum Gasteiger partial charge on any atom is 0.422 e. The van der Waals surface area contributed by atoms with Crippen molar-refractivity contribution in [2.45, 2.75) is 45.8 Å². The third kappa shape index (κ3) is 6.15. The molecule has 1 aliphatic heterocycles. The number of aromatic nitrogens is 4. The number of amides is 1. The second-order valence-corrected chi connectivity index (χ2v) is 11.3. The van der Waals surface area contributed by atoms with Gasteiger partial charge in [-0.2, -0.15) is 18.2 Å². The van der Waals surface area contributed by atoms with Crippen molar-refractivity contribution in [2.24, 2.45) is 0 Å². The number of fused-ring (bicyclic) bond motifs is 1. The molecule has 5 rings (SSSR count). The van der Waals surface area contributed by atoms with Crippen molar-refractivity contribution in [3.8, 4) is 22.7 Å². The molecule has 0 aliphatic carbocycles. The maximum absolute atomic E-state index is 16.1. The van der Waals surface area contributed by atoms with Crippen molar-refractivity contribution in [3.05, 3.63) is 82.6 Å². The van der Waals surface area contributed by atoms with Crippen molar-refractivity contribution in [1.29, 1.82) is 0 Å². The van der Waals surface area contributed by atoms with Gasteiger partial charge in [0.1, 0.15) is 23.1 Å². The summed E-state index contributed by atoms with van der Waals surface area (Å²) in [4.78, 5) is 42.9. The minimum atomic E-state index is -4.75. The monoisotopic (exact) mass is 642 g/mol. The molecule has 9 nitrogen and oxygen atoms in total. The number of hydrogen-bond donors (Lipinski definition) is 0. The van der Waals surface area contributed by atoms with Crippen LogP contribution in [-0.4, -0.2) is 68.8 Å². The average molecular weight is 643 g/mol. The van der Waals surface area contributed by atoms with E-state index < -0.39 is 47.1 Å². The van der Waals surface area contributed by atoms with Gasteiger partial charge in [-0.1, -0.05) is 26.5 Å². The lowest BCUT2D eigenvalue weighted by molar-refractivity contribution is -0.153. The first-order chi connectivity index (χ1) is 21.7. The van der Waals surface area contributed by atoms with E-state index in [1.54, 1.807) is 29.0 Å². The number of hydrogen-bond acceptors (Lipinski definition) is 7. The molecule has 0 radical (unpaired) electrons. The van der Waals surface area contributed by atoms with Gasteiger partial charge in [0.05, 0.1) is 22.3 Å². The molecule has 4 heterocycles. The van der Waals surface area contributed by atoms with Crippen LogP contribution in [0, 0.1) is 18.6 Å². The molecule has 1 atom stereocenters. The fourth-order valence-electron chi connectivity index (χ4n) is 5.60. The number of pyridine rings is 2. The molecule has 1 saturated heterocycles. The quantitative estimate of drug-likeness (QED) is 0.188. The SMILES string of the molecule is C=CC(=O)N1CCN(c2nc(=O)n(-c3c(C)ccnc3C(C)C)c3nc(-c4c(F)cccc4OCC(F)(F)F)c(F)cc23)[C@@H](C)C1. The lowest BCUT2D eigenvalue weighted by Gasteiger charge is -2.40. The van der Waals surface area contributed by atoms with Gasteiger partial charge in [-0.25, -0.2) is 23.1 Å². The zero-order valence-corrected chi connectivity index (χ0v) is 25.5. The third-order valence-corrected chi connectivity index (χ3v) is 7.72. The molecule has 46 heavy (non-hydrogen) atoms. The van der Waals surface area contributed by atoms with Crippen molar-refractivity contribution >= 4 is 22.8 Å². The van der Waals surface area contributed by atoms with E-state index >= 15 is 8.78 Å². The van der Waals surface area contributed by atoms with Gasteiger partial charge in [0.25, 0.3) is 0 Å². The molecule has 0 saturated carbocycles. The summed E-state index contributed by atoms with van der Waals surface area (Å²) >= 11 is 0. The smallest absolute Gasteiger partial charge is 0.422 e. The molecule has 14 heteroatoms. The molecule has 1 fully saturated rings. The van der Waals surface area contributed by atoms with Crippen LogP contribution in [0.4, 0.5) is 27.8 Å². The first-order valence-electron chi connectivity index (χ1n) is 14.5. The largest absolute Gasteiger partial charge is 0.483 e. The van der Waals surface area contributed by atoms with Gasteiger partial charge in [-0.3, -0.25) is 9.78 Å². The maximum atomic E-state index is 16.1. The van der Waals surface area contributed by atoms with E-state index in [0.29, 0.717) is 16.9 Å². The van der Waals surface area contributed by atoms with E-state index in [4.69, 9.17) is 4.74 Å². The highest BCUT2D eigenvalue weighted by molar-refractivity contribution is 5.91. The van der Waals surface area contributed by atoms with E-state index in [0.717, 1.165) is 24.3 Å². The Hall–Kier alpha value is -4.88. The molecule has 0 unspecified atom stereocenters. The molecular formula is C32H31F5N6O3. The van der Waals surface area contributed by atoms with Crippen LogP contribution in [0.2, 0.25) is 0 Å². The zero-order valence-electron chi connectivity index (χ0n) is 25.5. The molecule has 4 aromatic rings. The summed E-state index contributed by atoms with van der Waals surface area (Å²) in [7, 11) is 0. The first-order valence-corrected chi connectivity index (χ1v) is 14.5. The topological polar surface area (TPSA) is 93.5 Å². The van der Waals surface area contributed by atoms with Gasteiger partial charge in [0.2, 0.25) is 5.91 Å². The number of anilines is 1. The van der Waals surface area contributed by atoms with Crippen LogP contribution >= 0.6 is 0 Å². The summed E-state index contributed by atoms with van der Waals surface area (Å²) in [6, 6.07) is 5.49. The van der Waals surface area contributed by atoms with Gasteiger partial charge in [-0.15, -0.1) is 0 Å². The number of carbonyl (C=O) groups is 1.